The summed E-state index contributed by atoms with van der Waals surface area (Å²) in [5, 5.41) is 6.82. The number of anilines is 1. The Morgan fingerprint density at radius 3 is 2.74 bits per heavy atom. The molecular weight excluding hydrogens is 358 g/mol. The Labute approximate surface area is 162 Å². The van der Waals surface area contributed by atoms with Crippen molar-refractivity contribution in [2.75, 3.05) is 31.1 Å². The summed E-state index contributed by atoms with van der Waals surface area (Å²) >= 11 is 1.54. The standard InChI is InChI=1S/C20H23N5OS/c1-14-12-17(27-13-14)20(26)24-10-8-23(9-11-24)19-18-15-4-2-3-5-16(15)22-25(18)7-6-21-19/h6-7,12-13H,2-5,8-11H2,1H3. The van der Waals surface area contributed by atoms with E-state index < -0.39 is 0 Å². The molecule has 2 aliphatic rings. The minimum absolute atomic E-state index is 0.153. The molecule has 0 N–H and O–H groups in total. The van der Waals surface area contributed by atoms with Gasteiger partial charge < -0.3 is 9.80 Å². The lowest BCUT2D eigenvalue weighted by Crippen LogP contribution is -2.49. The van der Waals surface area contributed by atoms with Crippen LogP contribution in [0, 0.1) is 6.92 Å². The van der Waals surface area contributed by atoms with Gasteiger partial charge in [-0.1, -0.05) is 0 Å². The maximum Gasteiger partial charge on any atom is 0.264 e. The highest BCUT2D eigenvalue weighted by atomic mass is 32.1. The molecule has 27 heavy (non-hydrogen) atoms. The minimum atomic E-state index is 0.153. The third-order valence-electron chi connectivity index (χ3n) is 5.61. The van der Waals surface area contributed by atoms with Gasteiger partial charge in [0.25, 0.3) is 5.91 Å². The summed E-state index contributed by atoms with van der Waals surface area (Å²) in [6, 6.07) is 1.99. The highest BCUT2D eigenvalue weighted by molar-refractivity contribution is 7.12. The number of aryl methyl sites for hydroxylation is 3. The molecule has 5 rings (SSSR count). The topological polar surface area (TPSA) is 53.7 Å². The lowest BCUT2D eigenvalue weighted by Gasteiger charge is -2.35. The Kier molecular flexibility index (Phi) is 4.11. The first-order chi connectivity index (χ1) is 13.2. The number of thiophene rings is 1. The zero-order valence-corrected chi connectivity index (χ0v) is 16.3. The SMILES string of the molecule is Cc1csc(C(=O)N2CCN(c3nccn4nc5c(c34)CCCC5)CC2)c1. The van der Waals surface area contributed by atoms with Crippen LogP contribution >= 0.6 is 11.3 Å². The normalized spacial score (nSPS) is 17.4. The molecule has 1 aliphatic heterocycles. The van der Waals surface area contributed by atoms with Crippen molar-refractivity contribution < 1.29 is 4.79 Å². The van der Waals surface area contributed by atoms with Crippen LogP contribution < -0.4 is 4.90 Å². The second-order valence-electron chi connectivity index (χ2n) is 7.44. The van der Waals surface area contributed by atoms with E-state index in [4.69, 9.17) is 10.1 Å². The summed E-state index contributed by atoms with van der Waals surface area (Å²) in [4.78, 5) is 22.5. The molecule has 4 heterocycles. The van der Waals surface area contributed by atoms with E-state index in [-0.39, 0.29) is 5.91 Å². The molecule has 0 bridgehead atoms. The van der Waals surface area contributed by atoms with Gasteiger partial charge in [0.2, 0.25) is 0 Å². The van der Waals surface area contributed by atoms with Gasteiger partial charge in [-0.3, -0.25) is 4.79 Å². The molecule has 1 aliphatic carbocycles. The van der Waals surface area contributed by atoms with Gasteiger partial charge in [-0.25, -0.2) is 9.50 Å². The molecular formula is C20H23N5OS. The van der Waals surface area contributed by atoms with E-state index in [1.165, 1.54) is 41.0 Å². The second-order valence-corrected chi connectivity index (χ2v) is 8.36. The van der Waals surface area contributed by atoms with Crippen molar-refractivity contribution >= 4 is 28.6 Å². The summed E-state index contributed by atoms with van der Waals surface area (Å²) in [6.07, 6.45) is 8.41. The maximum atomic E-state index is 12.7. The average molecular weight is 382 g/mol. The number of amides is 1. The van der Waals surface area contributed by atoms with Crippen LogP contribution in [-0.2, 0) is 12.8 Å². The quantitative estimate of drug-likeness (QED) is 0.685. The van der Waals surface area contributed by atoms with E-state index >= 15 is 0 Å². The number of aromatic nitrogens is 3. The van der Waals surface area contributed by atoms with Crippen LogP contribution in [0.2, 0.25) is 0 Å². The molecule has 0 radical (unpaired) electrons. The Bertz CT molecular complexity index is 999. The first-order valence-corrected chi connectivity index (χ1v) is 10.5. The molecule has 3 aromatic heterocycles. The largest absolute Gasteiger partial charge is 0.351 e. The molecule has 0 unspecified atom stereocenters. The Morgan fingerprint density at radius 1 is 1.15 bits per heavy atom. The first-order valence-electron chi connectivity index (χ1n) is 9.65. The number of rotatable bonds is 2. The van der Waals surface area contributed by atoms with Gasteiger partial charge in [-0.2, -0.15) is 5.10 Å². The predicted octanol–water partition coefficient (Wildman–Crippen LogP) is 2.94. The Morgan fingerprint density at radius 2 is 1.96 bits per heavy atom. The van der Waals surface area contributed by atoms with Crippen molar-refractivity contribution in [1.82, 2.24) is 19.5 Å². The van der Waals surface area contributed by atoms with Gasteiger partial charge in [0.1, 0.15) is 5.52 Å². The summed E-state index contributed by atoms with van der Waals surface area (Å²) in [6.45, 7) is 5.11. The van der Waals surface area contributed by atoms with Crippen LogP contribution in [0.15, 0.2) is 23.8 Å². The zero-order valence-electron chi connectivity index (χ0n) is 15.5. The minimum Gasteiger partial charge on any atom is -0.351 e. The van der Waals surface area contributed by atoms with Gasteiger partial charge in [-0.15, -0.1) is 11.3 Å². The molecule has 0 spiro atoms. The number of hydrogen-bond acceptors (Lipinski definition) is 5. The van der Waals surface area contributed by atoms with Gasteiger partial charge in [0, 0.05) is 44.1 Å². The summed E-state index contributed by atoms with van der Waals surface area (Å²) < 4.78 is 2.00. The third kappa shape index (κ3) is 2.90. The van der Waals surface area contributed by atoms with E-state index in [0.29, 0.717) is 0 Å². The van der Waals surface area contributed by atoms with Gasteiger partial charge in [0.05, 0.1) is 10.6 Å². The number of carbonyl (C=O) groups is 1. The monoisotopic (exact) mass is 381 g/mol. The third-order valence-corrected chi connectivity index (χ3v) is 6.64. The van der Waals surface area contributed by atoms with E-state index in [1.807, 2.05) is 40.2 Å². The van der Waals surface area contributed by atoms with Crippen LogP contribution in [0.4, 0.5) is 5.82 Å². The van der Waals surface area contributed by atoms with Crippen molar-refractivity contribution in [1.29, 1.82) is 0 Å². The highest BCUT2D eigenvalue weighted by Gasteiger charge is 2.27. The molecule has 6 nitrogen and oxygen atoms in total. The van der Waals surface area contributed by atoms with Gasteiger partial charge >= 0.3 is 0 Å². The van der Waals surface area contributed by atoms with Gasteiger partial charge in [0.15, 0.2) is 5.82 Å². The molecule has 3 aromatic rings. The van der Waals surface area contributed by atoms with E-state index in [0.717, 1.165) is 55.3 Å². The highest BCUT2D eigenvalue weighted by Crippen LogP contribution is 2.30. The van der Waals surface area contributed by atoms with Crippen LogP contribution in [0.1, 0.15) is 39.3 Å². The predicted molar refractivity (Wildman–Crippen MR) is 107 cm³/mol. The Balaban J connectivity index is 1.38. The fourth-order valence-electron chi connectivity index (χ4n) is 4.20. The van der Waals surface area contributed by atoms with Crippen molar-refractivity contribution in [3.8, 4) is 0 Å². The molecule has 1 saturated heterocycles. The van der Waals surface area contributed by atoms with Crippen molar-refractivity contribution in [3.63, 3.8) is 0 Å². The zero-order chi connectivity index (χ0) is 18.4. The summed E-state index contributed by atoms with van der Waals surface area (Å²) in [5.41, 5.74) is 4.93. The van der Waals surface area contributed by atoms with Crippen LogP contribution in [0.3, 0.4) is 0 Å². The molecule has 7 heteroatoms. The van der Waals surface area contributed by atoms with Crippen LogP contribution in [0.5, 0.6) is 0 Å². The van der Waals surface area contributed by atoms with Crippen LogP contribution in [0.25, 0.3) is 5.52 Å². The van der Waals surface area contributed by atoms with Gasteiger partial charge in [-0.05, 0) is 49.6 Å². The molecule has 0 aromatic carbocycles. The lowest BCUT2D eigenvalue weighted by molar-refractivity contribution is 0.0751. The second kappa shape index (κ2) is 6.64. The van der Waals surface area contributed by atoms with Crippen LogP contribution in [-0.4, -0.2) is 51.6 Å². The summed E-state index contributed by atoms with van der Waals surface area (Å²) in [7, 11) is 0. The van der Waals surface area contributed by atoms with Crippen molar-refractivity contribution in [3.05, 3.63) is 45.5 Å². The fraction of sp³-hybridized carbons (Fsp3) is 0.450. The average Bonchev–Trinajstić information content (AvgIpc) is 3.31. The lowest BCUT2D eigenvalue weighted by atomic mass is 9.97. The molecule has 1 amide bonds. The van der Waals surface area contributed by atoms with E-state index in [9.17, 15) is 4.79 Å². The first kappa shape index (κ1) is 16.7. The number of hydrogen-bond donors (Lipinski definition) is 0. The molecule has 0 saturated carbocycles. The van der Waals surface area contributed by atoms with E-state index in [1.54, 1.807) is 0 Å². The number of piperazine rings is 1. The number of fused-ring (bicyclic) bond motifs is 3. The molecule has 0 atom stereocenters. The van der Waals surface area contributed by atoms with Crippen molar-refractivity contribution in [2.24, 2.45) is 0 Å². The number of nitrogens with zero attached hydrogens (tertiary/aromatic N) is 5. The fourth-order valence-corrected chi connectivity index (χ4v) is 5.06. The van der Waals surface area contributed by atoms with Crippen molar-refractivity contribution in [2.45, 2.75) is 32.6 Å². The number of carbonyl (C=O) groups excluding carboxylic acids is 1. The molecule has 140 valence electrons. The smallest absolute Gasteiger partial charge is 0.264 e. The van der Waals surface area contributed by atoms with E-state index in [2.05, 4.69) is 4.90 Å². The Hall–Kier alpha value is -2.41. The maximum absolute atomic E-state index is 12.7. The molecule has 1 fully saturated rings. The summed E-state index contributed by atoms with van der Waals surface area (Å²) in [5.74, 6) is 1.17.